The van der Waals surface area contributed by atoms with Gasteiger partial charge in [-0.3, -0.25) is 0 Å². The lowest BCUT2D eigenvalue weighted by atomic mass is 10.2. The summed E-state index contributed by atoms with van der Waals surface area (Å²) in [7, 11) is 0. The number of nitrogens with one attached hydrogen (secondary N) is 1. The van der Waals surface area contributed by atoms with Crippen molar-refractivity contribution >= 4 is 11.7 Å². The van der Waals surface area contributed by atoms with Gasteiger partial charge in [0.15, 0.2) is 0 Å². The van der Waals surface area contributed by atoms with E-state index in [1.165, 1.54) is 17.0 Å². The van der Waals surface area contributed by atoms with Gasteiger partial charge in [0.25, 0.3) is 0 Å². The molecular weight excluding hydrogens is 321 g/mol. The minimum Gasteiger partial charge on any atom is -0.395 e. The van der Waals surface area contributed by atoms with E-state index < -0.39 is 17.8 Å². The Morgan fingerprint density at radius 2 is 1.67 bits per heavy atom. The highest BCUT2D eigenvalue weighted by Gasteiger charge is 2.30. The van der Waals surface area contributed by atoms with Crippen molar-refractivity contribution < 1.29 is 23.1 Å². The molecule has 24 heavy (non-hydrogen) atoms. The van der Waals surface area contributed by atoms with Gasteiger partial charge in [-0.1, -0.05) is 30.3 Å². The zero-order chi connectivity index (χ0) is 17.6. The number of anilines is 1. The molecule has 0 spiro atoms. The summed E-state index contributed by atoms with van der Waals surface area (Å²) < 4.78 is 37.6. The van der Waals surface area contributed by atoms with E-state index in [1.54, 1.807) is 0 Å². The van der Waals surface area contributed by atoms with Crippen LogP contribution >= 0.6 is 0 Å². The smallest absolute Gasteiger partial charge is 0.395 e. The Kier molecular flexibility index (Phi) is 5.81. The fourth-order valence-electron chi connectivity index (χ4n) is 2.12. The van der Waals surface area contributed by atoms with Crippen molar-refractivity contribution in [1.82, 2.24) is 4.90 Å². The van der Waals surface area contributed by atoms with E-state index in [4.69, 9.17) is 5.11 Å². The second-order valence-electron chi connectivity index (χ2n) is 5.14. The molecule has 4 nitrogen and oxygen atoms in total. The average molecular weight is 338 g/mol. The first-order valence-electron chi connectivity index (χ1n) is 7.28. The van der Waals surface area contributed by atoms with E-state index in [-0.39, 0.29) is 25.4 Å². The van der Waals surface area contributed by atoms with Crippen LogP contribution in [-0.4, -0.2) is 29.2 Å². The average Bonchev–Trinajstić information content (AvgIpc) is 2.55. The first kappa shape index (κ1) is 17.8. The number of carbonyl (C=O) groups is 1. The van der Waals surface area contributed by atoms with Crippen molar-refractivity contribution in [3.63, 3.8) is 0 Å². The number of alkyl halides is 3. The third kappa shape index (κ3) is 4.99. The zero-order valence-electron chi connectivity index (χ0n) is 12.8. The molecule has 0 radical (unpaired) electrons. The first-order valence-corrected chi connectivity index (χ1v) is 7.28. The van der Waals surface area contributed by atoms with E-state index in [0.29, 0.717) is 0 Å². The van der Waals surface area contributed by atoms with Gasteiger partial charge >= 0.3 is 12.2 Å². The molecule has 0 heterocycles. The molecule has 0 fully saturated rings. The maximum Gasteiger partial charge on any atom is 0.416 e. The fraction of sp³-hybridized carbons (Fsp3) is 0.235. The third-order valence-electron chi connectivity index (χ3n) is 3.34. The lowest BCUT2D eigenvalue weighted by Crippen LogP contribution is -2.36. The predicted octanol–water partition coefficient (Wildman–Crippen LogP) is 3.73. The normalized spacial score (nSPS) is 11.2. The molecule has 2 aromatic rings. The van der Waals surface area contributed by atoms with Gasteiger partial charge in [0, 0.05) is 18.8 Å². The summed E-state index contributed by atoms with van der Waals surface area (Å²) in [4.78, 5) is 13.7. The standard InChI is InChI=1S/C17H17F3N2O2/c18-17(19,20)14-6-8-15(9-7-14)21-16(24)22(10-11-23)12-13-4-2-1-3-5-13/h1-9,23H,10-12H2,(H,21,24). The van der Waals surface area contributed by atoms with Crippen LogP contribution in [0.4, 0.5) is 23.7 Å². The molecule has 2 rings (SSSR count). The van der Waals surface area contributed by atoms with Gasteiger partial charge < -0.3 is 15.3 Å². The molecular formula is C17H17F3N2O2. The second kappa shape index (κ2) is 7.83. The molecule has 0 unspecified atom stereocenters. The van der Waals surface area contributed by atoms with Crippen LogP contribution in [0.5, 0.6) is 0 Å². The van der Waals surface area contributed by atoms with Crippen LogP contribution in [0, 0.1) is 0 Å². The van der Waals surface area contributed by atoms with Gasteiger partial charge in [0.05, 0.1) is 12.2 Å². The molecule has 0 aliphatic heterocycles. The van der Waals surface area contributed by atoms with Gasteiger partial charge in [-0.05, 0) is 29.8 Å². The minimum absolute atomic E-state index is 0.112. The highest BCUT2D eigenvalue weighted by Crippen LogP contribution is 2.29. The molecule has 7 heteroatoms. The molecule has 0 atom stereocenters. The Hall–Kier alpha value is -2.54. The molecule has 0 aliphatic carbocycles. The molecule has 2 N–H and O–H groups in total. The van der Waals surface area contributed by atoms with E-state index in [2.05, 4.69) is 5.32 Å². The number of hydrogen-bond donors (Lipinski definition) is 2. The van der Waals surface area contributed by atoms with Gasteiger partial charge in [0.2, 0.25) is 0 Å². The summed E-state index contributed by atoms with van der Waals surface area (Å²) >= 11 is 0. The number of carbonyl (C=O) groups excluding carboxylic acids is 1. The quantitative estimate of drug-likeness (QED) is 0.873. The van der Waals surface area contributed by atoms with Crippen LogP contribution in [0.1, 0.15) is 11.1 Å². The topological polar surface area (TPSA) is 52.6 Å². The molecule has 0 aliphatic rings. The number of aliphatic hydroxyl groups is 1. The summed E-state index contributed by atoms with van der Waals surface area (Å²) in [6, 6.07) is 12.9. The number of urea groups is 1. The van der Waals surface area contributed by atoms with E-state index in [0.717, 1.165) is 17.7 Å². The number of rotatable bonds is 5. The number of hydrogen-bond acceptors (Lipinski definition) is 2. The minimum atomic E-state index is -4.42. The van der Waals surface area contributed by atoms with Crippen LogP contribution in [0.3, 0.4) is 0 Å². The van der Waals surface area contributed by atoms with Gasteiger partial charge in [0.1, 0.15) is 0 Å². The Labute approximate surface area is 137 Å². The largest absolute Gasteiger partial charge is 0.416 e. The predicted molar refractivity (Wildman–Crippen MR) is 84.4 cm³/mol. The number of nitrogens with zero attached hydrogens (tertiary/aromatic N) is 1. The Bertz CT molecular complexity index is 658. The number of halogens is 3. The van der Waals surface area contributed by atoms with Crippen LogP contribution in [0.15, 0.2) is 54.6 Å². The number of benzene rings is 2. The maximum absolute atomic E-state index is 12.5. The van der Waals surface area contributed by atoms with Crippen molar-refractivity contribution in [2.75, 3.05) is 18.5 Å². The van der Waals surface area contributed by atoms with Crippen LogP contribution in [0.25, 0.3) is 0 Å². The Balaban J connectivity index is 2.04. The van der Waals surface area contributed by atoms with E-state index in [1.807, 2.05) is 30.3 Å². The lowest BCUT2D eigenvalue weighted by Gasteiger charge is -2.22. The SMILES string of the molecule is O=C(Nc1ccc(C(F)(F)F)cc1)N(CCO)Cc1ccccc1. The molecule has 2 amide bonds. The summed E-state index contributed by atoms with van der Waals surface area (Å²) in [6.45, 7) is 0.183. The summed E-state index contributed by atoms with van der Waals surface area (Å²) in [5, 5.41) is 11.6. The van der Waals surface area contributed by atoms with Crippen molar-refractivity contribution in [1.29, 1.82) is 0 Å². The van der Waals surface area contributed by atoms with Crippen LogP contribution < -0.4 is 5.32 Å². The summed E-state index contributed by atoms with van der Waals surface area (Å²) in [6.07, 6.45) is -4.42. The molecule has 0 saturated carbocycles. The van der Waals surface area contributed by atoms with Crippen LogP contribution in [-0.2, 0) is 12.7 Å². The van der Waals surface area contributed by atoms with Gasteiger partial charge in [-0.2, -0.15) is 13.2 Å². The van der Waals surface area contributed by atoms with Crippen molar-refractivity contribution in [3.05, 3.63) is 65.7 Å². The highest BCUT2D eigenvalue weighted by molar-refractivity contribution is 5.89. The van der Waals surface area contributed by atoms with Crippen molar-refractivity contribution in [2.45, 2.75) is 12.7 Å². The molecule has 0 aromatic heterocycles. The summed E-state index contributed by atoms with van der Waals surface area (Å²) in [5.41, 5.74) is 0.356. The third-order valence-corrected chi connectivity index (χ3v) is 3.34. The molecule has 2 aromatic carbocycles. The number of amides is 2. The molecule has 128 valence electrons. The van der Waals surface area contributed by atoms with Gasteiger partial charge in [-0.25, -0.2) is 4.79 Å². The van der Waals surface area contributed by atoms with Crippen molar-refractivity contribution in [2.24, 2.45) is 0 Å². The second-order valence-corrected chi connectivity index (χ2v) is 5.14. The monoisotopic (exact) mass is 338 g/mol. The molecule has 0 bridgehead atoms. The Morgan fingerprint density at radius 1 is 1.04 bits per heavy atom. The highest BCUT2D eigenvalue weighted by atomic mass is 19.4. The zero-order valence-corrected chi connectivity index (χ0v) is 12.8. The van der Waals surface area contributed by atoms with Crippen molar-refractivity contribution in [3.8, 4) is 0 Å². The first-order chi connectivity index (χ1) is 11.4. The van der Waals surface area contributed by atoms with E-state index in [9.17, 15) is 18.0 Å². The summed E-state index contributed by atoms with van der Waals surface area (Å²) in [5.74, 6) is 0. The lowest BCUT2D eigenvalue weighted by molar-refractivity contribution is -0.137. The van der Waals surface area contributed by atoms with Gasteiger partial charge in [-0.15, -0.1) is 0 Å². The maximum atomic E-state index is 12.5. The molecule has 0 saturated heterocycles. The van der Waals surface area contributed by atoms with E-state index >= 15 is 0 Å². The fourth-order valence-corrected chi connectivity index (χ4v) is 2.12. The number of aliphatic hydroxyl groups excluding tert-OH is 1. The van der Waals surface area contributed by atoms with Crippen LogP contribution in [0.2, 0.25) is 0 Å². The Morgan fingerprint density at radius 3 is 2.21 bits per heavy atom.